The molecule has 0 aliphatic rings. The van der Waals surface area contributed by atoms with E-state index in [2.05, 4.69) is 10.4 Å². The fourth-order valence-corrected chi connectivity index (χ4v) is 1.19. The van der Waals surface area contributed by atoms with Crippen LogP contribution in [-0.2, 0) is 11.3 Å². The highest BCUT2D eigenvalue weighted by Gasteiger charge is 2.25. The van der Waals surface area contributed by atoms with E-state index in [1.165, 1.54) is 17.1 Å². The molecule has 1 heterocycles. The van der Waals surface area contributed by atoms with E-state index in [-0.39, 0.29) is 19.5 Å². The SMILES string of the molecule is Nc1cnn(CC(=O)NCCCC(F)(F)F)c1. The highest BCUT2D eigenvalue weighted by Crippen LogP contribution is 2.20. The van der Waals surface area contributed by atoms with E-state index in [0.717, 1.165) is 0 Å². The molecule has 8 heteroatoms. The van der Waals surface area contributed by atoms with Crippen LogP contribution in [0.1, 0.15) is 12.8 Å². The van der Waals surface area contributed by atoms with Crippen molar-refractivity contribution in [3.05, 3.63) is 12.4 Å². The Morgan fingerprint density at radius 1 is 1.53 bits per heavy atom. The molecule has 0 aromatic carbocycles. The van der Waals surface area contributed by atoms with Gasteiger partial charge in [0.15, 0.2) is 0 Å². The number of nitrogen functional groups attached to an aromatic ring is 1. The summed E-state index contributed by atoms with van der Waals surface area (Å²) in [6, 6.07) is 0. The average molecular weight is 250 g/mol. The summed E-state index contributed by atoms with van der Waals surface area (Å²) >= 11 is 0. The lowest BCUT2D eigenvalue weighted by Gasteiger charge is -2.07. The van der Waals surface area contributed by atoms with Gasteiger partial charge in [-0.1, -0.05) is 0 Å². The van der Waals surface area contributed by atoms with Crippen molar-refractivity contribution in [1.82, 2.24) is 15.1 Å². The maximum atomic E-state index is 11.8. The largest absolute Gasteiger partial charge is 0.396 e. The number of halogens is 3. The number of hydrogen-bond donors (Lipinski definition) is 2. The van der Waals surface area contributed by atoms with E-state index in [0.29, 0.717) is 5.69 Å². The predicted octanol–water partition coefficient (Wildman–Crippen LogP) is 0.924. The maximum Gasteiger partial charge on any atom is 0.389 e. The van der Waals surface area contributed by atoms with Crippen molar-refractivity contribution in [3.8, 4) is 0 Å². The van der Waals surface area contributed by atoms with E-state index in [4.69, 9.17) is 5.73 Å². The smallest absolute Gasteiger partial charge is 0.389 e. The van der Waals surface area contributed by atoms with Crippen LogP contribution < -0.4 is 11.1 Å². The van der Waals surface area contributed by atoms with Crippen molar-refractivity contribution >= 4 is 11.6 Å². The first-order valence-corrected chi connectivity index (χ1v) is 4.98. The Hall–Kier alpha value is -1.73. The molecule has 96 valence electrons. The Bertz CT molecular complexity index is 375. The van der Waals surface area contributed by atoms with Crippen LogP contribution in [0, 0.1) is 0 Å². The summed E-state index contributed by atoms with van der Waals surface area (Å²) < 4.78 is 36.7. The highest BCUT2D eigenvalue weighted by atomic mass is 19.4. The number of carbonyl (C=O) groups is 1. The molecule has 0 spiro atoms. The van der Waals surface area contributed by atoms with Crippen LogP contribution in [-0.4, -0.2) is 28.4 Å². The molecule has 0 radical (unpaired) electrons. The number of nitrogens with two attached hydrogens (primary N) is 1. The molecule has 0 saturated heterocycles. The van der Waals surface area contributed by atoms with Gasteiger partial charge in [0.1, 0.15) is 6.54 Å². The molecule has 1 aromatic rings. The molecule has 0 bridgehead atoms. The van der Waals surface area contributed by atoms with Gasteiger partial charge in [0.25, 0.3) is 0 Å². The van der Waals surface area contributed by atoms with Crippen LogP contribution in [0.3, 0.4) is 0 Å². The summed E-state index contributed by atoms with van der Waals surface area (Å²) in [5.74, 6) is -0.393. The number of rotatable bonds is 5. The zero-order valence-electron chi connectivity index (χ0n) is 9.00. The predicted molar refractivity (Wildman–Crippen MR) is 54.9 cm³/mol. The molecule has 0 unspecified atom stereocenters. The molecule has 0 atom stereocenters. The normalized spacial score (nSPS) is 11.5. The Kier molecular flexibility index (Phi) is 4.36. The third-order valence-electron chi connectivity index (χ3n) is 1.92. The monoisotopic (exact) mass is 250 g/mol. The van der Waals surface area contributed by atoms with E-state index in [1.54, 1.807) is 0 Å². The minimum Gasteiger partial charge on any atom is -0.396 e. The van der Waals surface area contributed by atoms with Gasteiger partial charge in [-0.15, -0.1) is 0 Å². The van der Waals surface area contributed by atoms with Gasteiger partial charge in [-0.2, -0.15) is 18.3 Å². The van der Waals surface area contributed by atoms with Crippen LogP contribution >= 0.6 is 0 Å². The fourth-order valence-electron chi connectivity index (χ4n) is 1.19. The van der Waals surface area contributed by atoms with Gasteiger partial charge in [0, 0.05) is 19.2 Å². The highest BCUT2D eigenvalue weighted by molar-refractivity contribution is 5.75. The van der Waals surface area contributed by atoms with Gasteiger partial charge in [0.2, 0.25) is 5.91 Å². The maximum absolute atomic E-state index is 11.8. The van der Waals surface area contributed by atoms with Crippen molar-refractivity contribution in [3.63, 3.8) is 0 Å². The van der Waals surface area contributed by atoms with Gasteiger partial charge >= 0.3 is 6.18 Å². The number of carbonyl (C=O) groups excluding carboxylic acids is 1. The lowest BCUT2D eigenvalue weighted by atomic mass is 10.3. The average Bonchev–Trinajstić information content (AvgIpc) is 2.57. The Balaban J connectivity index is 2.18. The minimum absolute atomic E-state index is 0.00487. The topological polar surface area (TPSA) is 72.9 Å². The molecule has 5 nitrogen and oxygen atoms in total. The molecule has 0 aliphatic heterocycles. The van der Waals surface area contributed by atoms with Crippen LogP contribution in [0.5, 0.6) is 0 Å². The van der Waals surface area contributed by atoms with Gasteiger partial charge in [-0.25, -0.2) is 0 Å². The van der Waals surface area contributed by atoms with Crippen LogP contribution in [0.15, 0.2) is 12.4 Å². The number of nitrogens with one attached hydrogen (secondary N) is 1. The molecule has 0 saturated carbocycles. The quantitative estimate of drug-likeness (QED) is 0.763. The summed E-state index contributed by atoms with van der Waals surface area (Å²) in [6.45, 7) is -0.0572. The third-order valence-corrected chi connectivity index (χ3v) is 1.92. The molecule has 0 aliphatic carbocycles. The standard InChI is InChI=1S/C9H13F3N4O/c10-9(11,12)2-1-3-14-8(17)6-16-5-7(13)4-15-16/h4-5H,1-3,6,13H2,(H,14,17). The molecular weight excluding hydrogens is 237 g/mol. The van der Waals surface area contributed by atoms with Crippen molar-refractivity contribution in [2.24, 2.45) is 0 Å². The van der Waals surface area contributed by atoms with Gasteiger partial charge in [0.05, 0.1) is 11.9 Å². The first-order valence-electron chi connectivity index (χ1n) is 4.98. The first kappa shape index (κ1) is 13.3. The van der Waals surface area contributed by atoms with E-state index in [1.807, 2.05) is 0 Å². The molecule has 17 heavy (non-hydrogen) atoms. The van der Waals surface area contributed by atoms with Crippen LogP contribution in [0.2, 0.25) is 0 Å². The molecular formula is C9H13F3N4O. The second-order valence-electron chi connectivity index (χ2n) is 3.54. The summed E-state index contributed by atoms with van der Waals surface area (Å²) in [6.07, 6.45) is -2.36. The molecule has 0 fully saturated rings. The van der Waals surface area contributed by atoms with Crippen LogP contribution in [0.4, 0.5) is 18.9 Å². The number of aromatic nitrogens is 2. The Morgan fingerprint density at radius 3 is 2.76 bits per heavy atom. The summed E-state index contributed by atoms with van der Waals surface area (Å²) in [4.78, 5) is 11.3. The third kappa shape index (κ3) is 5.79. The molecule has 1 amide bonds. The lowest BCUT2D eigenvalue weighted by molar-refractivity contribution is -0.136. The Labute approximate surface area is 95.8 Å². The Morgan fingerprint density at radius 2 is 2.24 bits per heavy atom. The molecule has 3 N–H and O–H groups in total. The minimum atomic E-state index is -4.18. The summed E-state index contributed by atoms with van der Waals surface area (Å²) in [5, 5.41) is 6.15. The summed E-state index contributed by atoms with van der Waals surface area (Å²) in [7, 11) is 0. The van der Waals surface area contributed by atoms with E-state index in [9.17, 15) is 18.0 Å². The van der Waals surface area contributed by atoms with Crippen molar-refractivity contribution in [2.45, 2.75) is 25.6 Å². The number of amides is 1. The summed E-state index contributed by atoms with van der Waals surface area (Å²) in [5.41, 5.74) is 5.81. The number of nitrogens with zero attached hydrogens (tertiary/aromatic N) is 2. The fraction of sp³-hybridized carbons (Fsp3) is 0.556. The van der Waals surface area contributed by atoms with Crippen molar-refractivity contribution < 1.29 is 18.0 Å². The van der Waals surface area contributed by atoms with E-state index >= 15 is 0 Å². The van der Waals surface area contributed by atoms with Gasteiger partial charge in [-0.05, 0) is 6.42 Å². The number of hydrogen-bond acceptors (Lipinski definition) is 3. The molecule has 1 aromatic heterocycles. The molecule has 1 rings (SSSR count). The zero-order valence-corrected chi connectivity index (χ0v) is 9.00. The van der Waals surface area contributed by atoms with Gasteiger partial charge in [-0.3, -0.25) is 9.48 Å². The van der Waals surface area contributed by atoms with Gasteiger partial charge < -0.3 is 11.1 Å². The van der Waals surface area contributed by atoms with E-state index < -0.39 is 18.5 Å². The second kappa shape index (κ2) is 5.55. The second-order valence-corrected chi connectivity index (χ2v) is 3.54. The number of alkyl halides is 3. The zero-order chi connectivity index (χ0) is 12.9. The number of anilines is 1. The van der Waals surface area contributed by atoms with Crippen LogP contribution in [0.25, 0.3) is 0 Å². The van der Waals surface area contributed by atoms with Crippen molar-refractivity contribution in [2.75, 3.05) is 12.3 Å². The first-order chi connectivity index (χ1) is 7.87. The van der Waals surface area contributed by atoms with Crippen molar-refractivity contribution in [1.29, 1.82) is 0 Å². The lowest BCUT2D eigenvalue weighted by Crippen LogP contribution is -2.29.